The molecule has 3 heteroatoms. The summed E-state index contributed by atoms with van der Waals surface area (Å²) in [6.45, 7) is 3.99. The zero-order chi connectivity index (χ0) is 12.3. The van der Waals surface area contributed by atoms with Crippen LogP contribution in [0.4, 0.5) is 5.69 Å². The summed E-state index contributed by atoms with van der Waals surface area (Å²) in [6, 6.07) is 10.9. The average Bonchev–Trinajstić information content (AvgIpc) is 2.33. The van der Waals surface area contributed by atoms with Crippen LogP contribution in [0.15, 0.2) is 24.3 Å². The normalized spacial score (nSPS) is 17.0. The van der Waals surface area contributed by atoms with Crippen molar-refractivity contribution in [2.75, 3.05) is 31.7 Å². The number of rotatable bonds is 4. The first-order valence-corrected chi connectivity index (χ1v) is 5.98. The Balaban J connectivity index is 2.04. The van der Waals surface area contributed by atoms with Gasteiger partial charge in [0.15, 0.2) is 0 Å². The van der Waals surface area contributed by atoms with Gasteiger partial charge in [-0.1, -0.05) is 19.1 Å². The molecule has 1 aliphatic rings. The Morgan fingerprint density at radius 3 is 2.41 bits per heavy atom. The number of nitriles is 1. The van der Waals surface area contributed by atoms with Gasteiger partial charge in [-0.3, -0.25) is 0 Å². The zero-order valence-electron chi connectivity index (χ0n) is 10.4. The fraction of sp³-hybridized carbons (Fsp3) is 0.500. The highest BCUT2D eigenvalue weighted by Gasteiger charge is 2.40. The van der Waals surface area contributed by atoms with Crippen molar-refractivity contribution in [1.82, 2.24) is 0 Å². The maximum atomic E-state index is 9.16. The molecule has 3 nitrogen and oxygen atoms in total. The van der Waals surface area contributed by atoms with Crippen molar-refractivity contribution in [1.29, 1.82) is 5.26 Å². The summed E-state index contributed by atoms with van der Waals surface area (Å²) in [4.78, 5) is 2.13. The molecule has 1 aromatic carbocycles. The van der Waals surface area contributed by atoms with Crippen LogP contribution in [0.1, 0.15) is 12.5 Å². The minimum absolute atomic E-state index is 0.307. The van der Waals surface area contributed by atoms with E-state index in [2.05, 4.69) is 42.2 Å². The van der Waals surface area contributed by atoms with Gasteiger partial charge >= 0.3 is 0 Å². The number of benzene rings is 1. The van der Waals surface area contributed by atoms with Crippen LogP contribution in [0.25, 0.3) is 0 Å². The van der Waals surface area contributed by atoms with Crippen LogP contribution in [-0.4, -0.2) is 26.8 Å². The summed E-state index contributed by atoms with van der Waals surface area (Å²) >= 11 is 0. The highest BCUT2D eigenvalue weighted by Crippen LogP contribution is 2.29. The topological polar surface area (TPSA) is 36.3 Å². The molecule has 0 aromatic heterocycles. The Bertz CT molecular complexity index is 415. The Labute approximate surface area is 103 Å². The minimum atomic E-state index is -0.307. The molecule has 0 bridgehead atoms. The van der Waals surface area contributed by atoms with E-state index in [1.54, 1.807) is 0 Å². The third-order valence-corrected chi connectivity index (χ3v) is 3.32. The Morgan fingerprint density at radius 1 is 1.35 bits per heavy atom. The number of nitrogens with zero attached hydrogens (tertiary/aromatic N) is 2. The predicted octanol–water partition coefficient (Wildman–Crippen LogP) is 2.23. The van der Waals surface area contributed by atoms with Crippen LogP contribution in [0.3, 0.4) is 0 Å². The maximum Gasteiger partial charge on any atom is 0.121 e. The SMILES string of the molecule is CCc1ccc(N(C)CC2(C#N)COC2)cc1. The molecule has 90 valence electrons. The lowest BCUT2D eigenvalue weighted by Crippen LogP contribution is -2.49. The Hall–Kier alpha value is -1.53. The number of anilines is 1. The maximum absolute atomic E-state index is 9.16. The standard InChI is InChI=1S/C14H18N2O/c1-3-12-4-6-13(7-5-12)16(2)9-14(8-15)10-17-11-14/h4-7H,3,9-11H2,1-2H3. The third-order valence-electron chi connectivity index (χ3n) is 3.32. The molecule has 2 rings (SSSR count). The molecule has 0 radical (unpaired) electrons. The quantitative estimate of drug-likeness (QED) is 0.795. The molecule has 1 heterocycles. The summed E-state index contributed by atoms with van der Waals surface area (Å²) < 4.78 is 5.15. The van der Waals surface area contributed by atoms with Crippen molar-refractivity contribution in [3.63, 3.8) is 0 Å². The van der Waals surface area contributed by atoms with E-state index in [1.165, 1.54) is 5.56 Å². The molecule has 0 saturated carbocycles. The van der Waals surface area contributed by atoms with Crippen LogP contribution in [0.5, 0.6) is 0 Å². The lowest BCUT2D eigenvalue weighted by Gasteiger charge is -2.38. The molecular formula is C14H18N2O. The second-order valence-electron chi connectivity index (χ2n) is 4.76. The van der Waals surface area contributed by atoms with Crippen LogP contribution >= 0.6 is 0 Å². The highest BCUT2D eigenvalue weighted by atomic mass is 16.5. The highest BCUT2D eigenvalue weighted by molar-refractivity contribution is 5.47. The molecule has 1 aliphatic heterocycles. The average molecular weight is 230 g/mol. The van der Waals surface area contributed by atoms with E-state index in [4.69, 9.17) is 10.00 Å². The van der Waals surface area contributed by atoms with Crippen molar-refractivity contribution in [3.8, 4) is 6.07 Å². The number of ether oxygens (including phenoxy) is 1. The first kappa shape index (κ1) is 11.9. The van der Waals surface area contributed by atoms with E-state index in [0.717, 1.165) is 18.7 Å². The summed E-state index contributed by atoms with van der Waals surface area (Å²) in [6.07, 6.45) is 1.06. The fourth-order valence-electron chi connectivity index (χ4n) is 2.07. The Kier molecular flexibility index (Phi) is 3.35. The smallest absolute Gasteiger partial charge is 0.121 e. The van der Waals surface area contributed by atoms with Crippen molar-refractivity contribution in [3.05, 3.63) is 29.8 Å². The van der Waals surface area contributed by atoms with E-state index < -0.39 is 0 Å². The predicted molar refractivity (Wildman–Crippen MR) is 68.0 cm³/mol. The van der Waals surface area contributed by atoms with Crippen LogP contribution in [-0.2, 0) is 11.2 Å². The van der Waals surface area contributed by atoms with Gasteiger partial charge in [0.1, 0.15) is 5.41 Å². The third kappa shape index (κ3) is 2.42. The molecule has 0 N–H and O–H groups in total. The molecular weight excluding hydrogens is 212 g/mol. The Morgan fingerprint density at radius 2 is 2.00 bits per heavy atom. The molecule has 1 saturated heterocycles. The molecule has 17 heavy (non-hydrogen) atoms. The van der Waals surface area contributed by atoms with Crippen molar-refractivity contribution < 1.29 is 4.74 Å². The molecule has 1 fully saturated rings. The summed E-state index contributed by atoms with van der Waals surface area (Å²) in [5.74, 6) is 0. The van der Waals surface area contributed by atoms with Gasteiger partial charge in [-0.2, -0.15) is 5.26 Å². The molecule has 1 aromatic rings. The van der Waals surface area contributed by atoms with Crippen molar-refractivity contribution in [2.24, 2.45) is 5.41 Å². The zero-order valence-corrected chi connectivity index (χ0v) is 10.4. The fourth-order valence-corrected chi connectivity index (χ4v) is 2.07. The largest absolute Gasteiger partial charge is 0.378 e. The second-order valence-corrected chi connectivity index (χ2v) is 4.76. The van der Waals surface area contributed by atoms with E-state index in [9.17, 15) is 0 Å². The van der Waals surface area contributed by atoms with Crippen molar-refractivity contribution in [2.45, 2.75) is 13.3 Å². The van der Waals surface area contributed by atoms with E-state index in [-0.39, 0.29) is 5.41 Å². The van der Waals surface area contributed by atoms with E-state index in [1.807, 2.05) is 7.05 Å². The van der Waals surface area contributed by atoms with Crippen LogP contribution in [0, 0.1) is 16.7 Å². The van der Waals surface area contributed by atoms with Crippen LogP contribution < -0.4 is 4.90 Å². The first-order valence-electron chi connectivity index (χ1n) is 5.98. The molecule has 0 spiro atoms. The minimum Gasteiger partial charge on any atom is -0.378 e. The van der Waals surface area contributed by atoms with Gasteiger partial charge in [0.05, 0.1) is 19.3 Å². The number of hydrogen-bond donors (Lipinski definition) is 0. The van der Waals surface area contributed by atoms with Gasteiger partial charge in [-0.25, -0.2) is 0 Å². The lowest BCUT2D eigenvalue weighted by molar-refractivity contribution is -0.0716. The van der Waals surface area contributed by atoms with E-state index in [0.29, 0.717) is 13.2 Å². The second kappa shape index (κ2) is 4.77. The molecule has 0 unspecified atom stereocenters. The van der Waals surface area contributed by atoms with Gasteiger partial charge < -0.3 is 9.64 Å². The van der Waals surface area contributed by atoms with Gasteiger partial charge in [0, 0.05) is 19.3 Å². The van der Waals surface area contributed by atoms with E-state index >= 15 is 0 Å². The van der Waals surface area contributed by atoms with Gasteiger partial charge in [0.25, 0.3) is 0 Å². The first-order chi connectivity index (χ1) is 8.19. The number of hydrogen-bond acceptors (Lipinski definition) is 3. The molecule has 0 atom stereocenters. The number of aryl methyl sites for hydroxylation is 1. The van der Waals surface area contributed by atoms with Gasteiger partial charge in [-0.15, -0.1) is 0 Å². The molecule has 0 aliphatic carbocycles. The van der Waals surface area contributed by atoms with Crippen LogP contribution in [0.2, 0.25) is 0 Å². The summed E-state index contributed by atoms with van der Waals surface area (Å²) in [7, 11) is 2.03. The van der Waals surface area contributed by atoms with Gasteiger partial charge in [0.2, 0.25) is 0 Å². The lowest BCUT2D eigenvalue weighted by atomic mass is 9.87. The monoisotopic (exact) mass is 230 g/mol. The molecule has 0 amide bonds. The summed E-state index contributed by atoms with van der Waals surface area (Å²) in [5, 5.41) is 9.16. The van der Waals surface area contributed by atoms with Gasteiger partial charge in [-0.05, 0) is 24.1 Å². The summed E-state index contributed by atoms with van der Waals surface area (Å²) in [5.41, 5.74) is 2.19. The van der Waals surface area contributed by atoms with Crippen molar-refractivity contribution >= 4 is 5.69 Å².